The summed E-state index contributed by atoms with van der Waals surface area (Å²) in [5, 5.41) is 3.21. The van der Waals surface area contributed by atoms with Crippen molar-refractivity contribution in [3.8, 4) is 17.2 Å². The molecule has 1 amide bonds. The van der Waals surface area contributed by atoms with Gasteiger partial charge in [0.25, 0.3) is 5.91 Å². The van der Waals surface area contributed by atoms with Gasteiger partial charge < -0.3 is 23.9 Å². The largest absolute Gasteiger partial charge is 0.493 e. The summed E-state index contributed by atoms with van der Waals surface area (Å²) in [4.78, 5) is 15.5. The van der Waals surface area contributed by atoms with E-state index in [0.717, 1.165) is 25.1 Å². The third-order valence-corrected chi connectivity index (χ3v) is 6.06. The molecule has 3 atom stereocenters. The van der Waals surface area contributed by atoms with E-state index in [1.54, 1.807) is 39.7 Å². The summed E-state index contributed by atoms with van der Waals surface area (Å²) in [6.45, 7) is 0.843. The van der Waals surface area contributed by atoms with Crippen LogP contribution in [0.5, 0.6) is 17.2 Å². The van der Waals surface area contributed by atoms with Crippen molar-refractivity contribution in [2.45, 2.75) is 50.4 Å². The number of carbonyl (C=O) groups is 1. The van der Waals surface area contributed by atoms with Gasteiger partial charge in [0.05, 0.1) is 34.1 Å². The van der Waals surface area contributed by atoms with Gasteiger partial charge in [0.1, 0.15) is 5.76 Å². The summed E-state index contributed by atoms with van der Waals surface area (Å²) < 4.78 is 21.6. The van der Waals surface area contributed by atoms with Crippen LogP contribution in [0.25, 0.3) is 0 Å². The molecule has 1 aromatic heterocycles. The summed E-state index contributed by atoms with van der Waals surface area (Å²) in [6, 6.07) is 8.45. The van der Waals surface area contributed by atoms with Gasteiger partial charge in [-0.05, 0) is 49.9 Å². The predicted molar refractivity (Wildman–Crippen MR) is 108 cm³/mol. The summed E-state index contributed by atoms with van der Waals surface area (Å²) in [7, 11) is 4.64. The van der Waals surface area contributed by atoms with Crippen molar-refractivity contribution in [1.82, 2.24) is 10.2 Å². The first-order valence-electron chi connectivity index (χ1n) is 10.0. The Bertz CT molecular complexity index is 812. The predicted octanol–water partition coefficient (Wildman–Crippen LogP) is 3.23. The first-order valence-corrected chi connectivity index (χ1v) is 10.0. The topological polar surface area (TPSA) is 73.2 Å². The molecule has 7 heteroatoms. The van der Waals surface area contributed by atoms with Crippen LogP contribution >= 0.6 is 0 Å². The number of hydrogen-bond donors (Lipinski definition) is 1. The lowest BCUT2D eigenvalue weighted by Gasteiger charge is -2.38. The monoisotopic (exact) mass is 400 g/mol. The Hall–Kier alpha value is -2.67. The number of piperidine rings is 1. The number of rotatable bonds is 7. The van der Waals surface area contributed by atoms with Crippen molar-refractivity contribution < 1.29 is 23.4 Å². The van der Waals surface area contributed by atoms with Crippen LogP contribution in [0.3, 0.4) is 0 Å². The molecule has 4 rings (SSSR count). The molecule has 0 aliphatic carbocycles. The summed E-state index contributed by atoms with van der Waals surface area (Å²) >= 11 is 0. The van der Waals surface area contributed by atoms with Gasteiger partial charge in [0.15, 0.2) is 11.5 Å². The zero-order chi connectivity index (χ0) is 20.4. The molecule has 1 unspecified atom stereocenters. The number of furan rings is 1. The van der Waals surface area contributed by atoms with Crippen LogP contribution in [0.4, 0.5) is 0 Å². The number of fused-ring (bicyclic) bond motifs is 2. The molecular formula is C22H28N2O5. The normalized spacial score (nSPS) is 23.6. The summed E-state index contributed by atoms with van der Waals surface area (Å²) in [5.74, 6) is 2.32. The molecule has 0 spiro atoms. The van der Waals surface area contributed by atoms with E-state index in [-0.39, 0.29) is 11.9 Å². The molecular weight excluding hydrogens is 372 g/mol. The van der Waals surface area contributed by atoms with Gasteiger partial charge in [-0.25, -0.2) is 0 Å². The highest BCUT2D eigenvalue weighted by atomic mass is 16.5. The van der Waals surface area contributed by atoms with Gasteiger partial charge in [0.2, 0.25) is 5.75 Å². The maximum Gasteiger partial charge on any atom is 0.251 e. The Morgan fingerprint density at radius 3 is 2.28 bits per heavy atom. The summed E-state index contributed by atoms with van der Waals surface area (Å²) in [5.41, 5.74) is 0.505. The van der Waals surface area contributed by atoms with E-state index in [1.165, 1.54) is 12.8 Å². The maximum atomic E-state index is 12.9. The van der Waals surface area contributed by atoms with Crippen LogP contribution in [0.1, 0.15) is 41.8 Å². The molecule has 0 radical (unpaired) electrons. The second-order valence-corrected chi connectivity index (χ2v) is 7.69. The van der Waals surface area contributed by atoms with E-state index in [9.17, 15) is 4.79 Å². The molecule has 2 aliphatic heterocycles. The molecule has 2 fully saturated rings. The second kappa shape index (κ2) is 8.37. The van der Waals surface area contributed by atoms with E-state index in [4.69, 9.17) is 18.6 Å². The van der Waals surface area contributed by atoms with Gasteiger partial charge in [-0.1, -0.05) is 0 Å². The number of methoxy groups -OCH3 is 3. The molecule has 2 bridgehead atoms. The van der Waals surface area contributed by atoms with Crippen molar-refractivity contribution in [3.63, 3.8) is 0 Å². The van der Waals surface area contributed by atoms with Gasteiger partial charge in [0, 0.05) is 23.7 Å². The number of benzene rings is 1. The SMILES string of the molecule is COc1cc(C(=O)NC2C[C@H]3CC[C@@H](C2)N3Cc2ccco2)cc(OC)c1OC. The Labute approximate surface area is 170 Å². The molecule has 1 aromatic carbocycles. The highest BCUT2D eigenvalue weighted by molar-refractivity contribution is 5.95. The number of nitrogens with one attached hydrogen (secondary N) is 1. The first-order chi connectivity index (χ1) is 14.1. The molecule has 156 valence electrons. The molecule has 3 heterocycles. The van der Waals surface area contributed by atoms with Crippen molar-refractivity contribution in [1.29, 1.82) is 0 Å². The zero-order valence-corrected chi connectivity index (χ0v) is 17.1. The third-order valence-electron chi connectivity index (χ3n) is 6.06. The first kappa shape index (κ1) is 19.6. The lowest BCUT2D eigenvalue weighted by molar-refractivity contribution is 0.0805. The Morgan fingerprint density at radius 1 is 1.10 bits per heavy atom. The van der Waals surface area contributed by atoms with Gasteiger partial charge >= 0.3 is 0 Å². The fourth-order valence-electron chi connectivity index (χ4n) is 4.71. The number of carbonyl (C=O) groups excluding carboxylic acids is 1. The number of hydrogen-bond acceptors (Lipinski definition) is 6. The van der Waals surface area contributed by atoms with Gasteiger partial charge in [-0.2, -0.15) is 0 Å². The second-order valence-electron chi connectivity index (χ2n) is 7.69. The minimum Gasteiger partial charge on any atom is -0.493 e. The quantitative estimate of drug-likeness (QED) is 0.769. The van der Waals surface area contributed by atoms with Crippen LogP contribution in [-0.2, 0) is 6.54 Å². The van der Waals surface area contributed by atoms with Crippen molar-refractivity contribution >= 4 is 5.91 Å². The molecule has 29 heavy (non-hydrogen) atoms. The molecule has 1 N–H and O–H groups in total. The van der Waals surface area contributed by atoms with Crippen molar-refractivity contribution in [2.24, 2.45) is 0 Å². The van der Waals surface area contributed by atoms with Crippen molar-refractivity contribution in [2.75, 3.05) is 21.3 Å². The van der Waals surface area contributed by atoms with E-state index in [0.29, 0.717) is 34.9 Å². The van der Waals surface area contributed by atoms with E-state index in [1.807, 2.05) is 12.1 Å². The highest BCUT2D eigenvalue weighted by Crippen LogP contribution is 2.39. The maximum absolute atomic E-state index is 12.9. The standard InChI is InChI=1S/C22H28N2O5/c1-26-19-9-14(10-20(27-2)21(19)28-3)22(25)23-15-11-16-6-7-17(12-15)24(16)13-18-5-4-8-29-18/h4-5,8-10,15-17H,6-7,11-13H2,1-3H3,(H,23,25)/t15?,16-,17+. The molecule has 0 saturated carbocycles. The minimum atomic E-state index is -0.117. The Morgan fingerprint density at radius 2 is 1.76 bits per heavy atom. The smallest absolute Gasteiger partial charge is 0.251 e. The number of amides is 1. The lowest BCUT2D eigenvalue weighted by Crippen LogP contribution is -2.49. The molecule has 7 nitrogen and oxygen atoms in total. The minimum absolute atomic E-state index is 0.117. The number of nitrogens with zero attached hydrogens (tertiary/aromatic N) is 1. The van der Waals surface area contributed by atoms with Crippen molar-refractivity contribution in [3.05, 3.63) is 41.9 Å². The zero-order valence-electron chi connectivity index (χ0n) is 17.1. The van der Waals surface area contributed by atoms with Gasteiger partial charge in [-0.3, -0.25) is 9.69 Å². The van der Waals surface area contributed by atoms with Crippen LogP contribution in [0.2, 0.25) is 0 Å². The molecule has 2 saturated heterocycles. The van der Waals surface area contributed by atoms with Crippen LogP contribution in [0.15, 0.2) is 34.9 Å². The van der Waals surface area contributed by atoms with Crippen LogP contribution < -0.4 is 19.5 Å². The molecule has 2 aliphatic rings. The van der Waals surface area contributed by atoms with Gasteiger partial charge in [-0.15, -0.1) is 0 Å². The lowest BCUT2D eigenvalue weighted by atomic mass is 9.96. The number of ether oxygens (including phenoxy) is 3. The average molecular weight is 400 g/mol. The van der Waals surface area contributed by atoms with Crippen LogP contribution in [-0.4, -0.2) is 50.3 Å². The third kappa shape index (κ3) is 3.92. The molecule has 2 aromatic rings. The van der Waals surface area contributed by atoms with E-state index < -0.39 is 0 Å². The van der Waals surface area contributed by atoms with E-state index >= 15 is 0 Å². The highest BCUT2D eigenvalue weighted by Gasteiger charge is 2.41. The van der Waals surface area contributed by atoms with Crippen LogP contribution in [0, 0.1) is 0 Å². The summed E-state index contributed by atoms with van der Waals surface area (Å²) in [6.07, 6.45) is 5.96. The average Bonchev–Trinajstić information content (AvgIpc) is 3.32. The Kier molecular flexibility index (Phi) is 5.67. The van der Waals surface area contributed by atoms with E-state index in [2.05, 4.69) is 10.2 Å². The fraction of sp³-hybridized carbons (Fsp3) is 0.500. The fourth-order valence-corrected chi connectivity index (χ4v) is 4.71. The Balaban J connectivity index is 1.44.